The molecule has 38 heteroatoms. The van der Waals surface area contributed by atoms with Crippen LogP contribution in [-0.4, -0.2) is 164 Å². The van der Waals surface area contributed by atoms with E-state index in [1.165, 1.54) is 96.9 Å². The van der Waals surface area contributed by atoms with Gasteiger partial charge in [-0.1, -0.05) is 52.0 Å². The molecule has 33 nitrogen and oxygen atoms in total. The Morgan fingerprint density at radius 1 is 0.386 bits per heavy atom. The Kier molecular flexibility index (Phi) is 31.4. The molecule has 8 aromatic heterocycles. The van der Waals surface area contributed by atoms with Crippen LogP contribution in [0.25, 0.3) is 40.9 Å². The van der Waals surface area contributed by atoms with E-state index in [0.717, 1.165) is 124 Å². The van der Waals surface area contributed by atoms with Crippen molar-refractivity contribution in [2.75, 3.05) is 54.6 Å². The minimum absolute atomic E-state index is 0.0817. The summed E-state index contributed by atoms with van der Waals surface area (Å²) < 4.78 is 20.1. The molecule has 12 aromatic rings. The number of rotatable bonds is 12. The van der Waals surface area contributed by atoms with Gasteiger partial charge >= 0.3 is 47.3 Å². The van der Waals surface area contributed by atoms with Gasteiger partial charge in [-0.15, -0.1) is 45.3 Å². The summed E-state index contributed by atoms with van der Waals surface area (Å²) in [5.41, 5.74) is 30.3. The number of hydrogen-bond donors (Lipinski definition) is 10. The van der Waals surface area contributed by atoms with Crippen molar-refractivity contribution in [3.63, 3.8) is 0 Å². The molecule has 12 heterocycles. The third kappa shape index (κ3) is 24.8. The van der Waals surface area contributed by atoms with Crippen molar-refractivity contribution in [2.24, 2.45) is 46.6 Å². The van der Waals surface area contributed by atoms with E-state index in [1.807, 2.05) is 80.7 Å². The molecule has 11 amide bonds. The van der Waals surface area contributed by atoms with Crippen molar-refractivity contribution in [3.8, 4) is 0 Å². The van der Waals surface area contributed by atoms with Crippen LogP contribution in [0.3, 0.4) is 0 Å². The first-order valence-electron chi connectivity index (χ1n) is 41.3. The molecule has 4 aliphatic rings. The zero-order valence-corrected chi connectivity index (χ0v) is 74.0. The summed E-state index contributed by atoms with van der Waals surface area (Å²) in [4.78, 5) is 182. The Labute approximate surface area is 747 Å². The normalized spacial score (nSPS) is 18.3. The van der Waals surface area contributed by atoms with Gasteiger partial charge < -0.3 is 69.3 Å². The molecule has 14 N–H and O–H groups in total. The van der Waals surface area contributed by atoms with Crippen LogP contribution in [0, 0.1) is 51.4 Å². The number of piperidine rings is 4. The zero-order chi connectivity index (χ0) is 92.3. The number of nitrogens with two attached hydrogens (primary N) is 4. The second-order valence-electron chi connectivity index (χ2n) is 31.4. The number of carboxylic acid groups (broad SMARTS) is 1. The van der Waals surface area contributed by atoms with Crippen LogP contribution in [0.2, 0.25) is 0 Å². The SMILES string of the molecule is Cc1nc2cc(C3CCC(C)CN3)ccc2s1.Cc1nc2cc(C3CCC(C)CN3C(=O)C(=O)Nc3cncc(C(N)=O)c3)ccc2s1.Cc1nc2cc([C@@H]3CC[C@@H](C)CN3C(=O)C(=O)Nc3cncc(C(N)=O)c3)ccc2s1.Cc1nc2cc([C@H]3CC[C@H](C)CN3C(=O)C(=O)Nc3cncc(C(N)=O)c3)ccc2s1.NC(=O)c1cncc(NC(=O)C(=O)O)c1.[2H]CF. The summed E-state index contributed by atoms with van der Waals surface area (Å²) >= 11 is 6.67. The van der Waals surface area contributed by atoms with Gasteiger partial charge in [-0.3, -0.25) is 77.1 Å². The van der Waals surface area contributed by atoms with Crippen LogP contribution in [0.5, 0.6) is 0 Å². The van der Waals surface area contributed by atoms with Crippen LogP contribution < -0.4 is 49.5 Å². The minimum Gasteiger partial charge on any atom is -0.474 e. The first-order chi connectivity index (χ1) is 61.1. The second kappa shape index (κ2) is 43.0. The lowest BCUT2D eigenvalue weighted by atomic mass is 9.89. The molecule has 4 aliphatic heterocycles. The van der Waals surface area contributed by atoms with Gasteiger partial charge in [-0.2, -0.15) is 0 Å². The molecule has 0 saturated carbocycles. The zero-order valence-electron chi connectivity index (χ0n) is 71.8. The van der Waals surface area contributed by atoms with Crippen molar-refractivity contribution in [1.29, 1.82) is 0 Å². The number of carbonyl (C=O) groups is 12. The van der Waals surface area contributed by atoms with E-state index in [9.17, 15) is 61.9 Å². The summed E-state index contributed by atoms with van der Waals surface area (Å²) in [7, 11) is -1.00. The van der Waals surface area contributed by atoms with Crippen LogP contribution >= 0.6 is 45.3 Å². The Bertz CT molecular complexity index is 5720. The third-order valence-electron chi connectivity index (χ3n) is 21.4. The molecule has 0 spiro atoms. The number of nitrogens with one attached hydrogen (secondary N) is 5. The van der Waals surface area contributed by atoms with Gasteiger partial charge in [0.2, 0.25) is 23.6 Å². The second-order valence-corrected chi connectivity index (χ2v) is 36.3. The maximum Gasteiger partial charge on any atom is 0.394 e. The number of likely N-dealkylation sites (tertiary alicyclic amines) is 3. The molecule has 4 saturated heterocycles. The molecule has 0 aliphatic carbocycles. The lowest BCUT2D eigenvalue weighted by molar-refractivity contribution is -0.147. The number of aromatic nitrogens is 8. The van der Waals surface area contributed by atoms with E-state index in [0.29, 0.717) is 25.7 Å². The largest absolute Gasteiger partial charge is 0.474 e. The highest BCUT2D eigenvalue weighted by Crippen LogP contribution is 2.40. The van der Waals surface area contributed by atoms with Gasteiger partial charge in [0, 0.05) is 50.5 Å². The van der Waals surface area contributed by atoms with Crippen molar-refractivity contribution in [2.45, 2.75) is 131 Å². The number of hydrogen-bond acceptors (Lipinski definition) is 25. The molecule has 4 fully saturated rings. The van der Waals surface area contributed by atoms with Crippen LogP contribution in [0.1, 0.15) is 188 Å². The fraction of sp³-hybridized carbons (Fsp3) is 0.326. The number of carboxylic acids is 1. The van der Waals surface area contributed by atoms with Gasteiger partial charge in [-0.05, 0) is 204 Å². The highest BCUT2D eigenvalue weighted by Gasteiger charge is 2.38. The number of anilines is 4. The molecule has 4 aromatic carbocycles. The fourth-order valence-electron chi connectivity index (χ4n) is 15.2. The van der Waals surface area contributed by atoms with Gasteiger partial charge in [0.05, 0.1) is 157 Å². The van der Waals surface area contributed by atoms with Gasteiger partial charge in [0.1, 0.15) is 0 Å². The number of aliphatic carboxylic acids is 1. The average Bonchev–Trinajstić information content (AvgIpc) is 0.984. The first-order valence-corrected chi connectivity index (χ1v) is 43.8. The number of carbonyl (C=O) groups excluding carboxylic acids is 11. The summed E-state index contributed by atoms with van der Waals surface area (Å²) in [5, 5.41) is 25.7. The van der Waals surface area contributed by atoms with E-state index in [-0.39, 0.29) is 80.9 Å². The number of pyridine rings is 4. The molecule has 8 atom stereocenters. The number of benzene rings is 4. The van der Waals surface area contributed by atoms with Gasteiger partial charge in [0.15, 0.2) is 0 Å². The number of alkyl halides is 1. The summed E-state index contributed by atoms with van der Waals surface area (Å²) in [6, 6.07) is 30.2. The number of fused-ring (bicyclic) bond motifs is 4. The molecule has 127 heavy (non-hydrogen) atoms. The van der Waals surface area contributed by atoms with E-state index >= 15 is 0 Å². The Hall–Kier alpha value is -13.4. The third-order valence-corrected chi connectivity index (χ3v) is 25.2. The molecule has 4 unspecified atom stereocenters. The fourth-order valence-corrected chi connectivity index (χ4v) is 18.5. The smallest absolute Gasteiger partial charge is 0.394 e. The summed E-state index contributed by atoms with van der Waals surface area (Å²) in [6.45, 7) is 19.1. The van der Waals surface area contributed by atoms with E-state index in [1.54, 1.807) is 60.0 Å². The quantitative estimate of drug-likeness (QED) is 0.0508. The molecule has 0 bridgehead atoms. The van der Waals surface area contributed by atoms with Crippen molar-refractivity contribution in [3.05, 3.63) is 211 Å². The Morgan fingerprint density at radius 3 is 0.906 bits per heavy atom. The van der Waals surface area contributed by atoms with Crippen LogP contribution in [-0.2, 0) is 38.4 Å². The highest BCUT2D eigenvalue weighted by atomic mass is 32.1. The van der Waals surface area contributed by atoms with Crippen molar-refractivity contribution >= 4 is 180 Å². The lowest BCUT2D eigenvalue weighted by Crippen LogP contribution is -2.46. The number of primary amides is 4. The highest BCUT2D eigenvalue weighted by molar-refractivity contribution is 7.19. The van der Waals surface area contributed by atoms with Crippen LogP contribution in [0.4, 0.5) is 27.1 Å². The van der Waals surface area contributed by atoms with E-state index in [2.05, 4.69) is 114 Å². The molecular weight excluding hydrogens is 1700 g/mol. The van der Waals surface area contributed by atoms with Crippen molar-refractivity contribution < 1.29 is 68.4 Å². The maximum atomic E-state index is 13.1. The lowest BCUT2D eigenvalue weighted by Gasteiger charge is -2.38. The van der Waals surface area contributed by atoms with Gasteiger partial charge in [-0.25, -0.2) is 24.7 Å². The van der Waals surface area contributed by atoms with Crippen LogP contribution in [0.15, 0.2) is 147 Å². The number of amides is 11. The predicted molar refractivity (Wildman–Crippen MR) is 485 cm³/mol. The summed E-state index contributed by atoms with van der Waals surface area (Å²) in [5.74, 6) is -8.00. The standard InChI is InChI=1S/3C22H23N5O3S.C14H18N2S.C8H7N3O4.CH3F/c3*1-12-3-5-18(14-4-6-19-17(8-14)25-13(2)31-19)27(11-12)22(30)21(29)26-16-7-15(20(23)28)9-24-10-16;1-9-3-5-12(15-8-9)11-4-6-14-13(7-11)16-10(2)17-14;9-6(12)4-1-5(3-10-2-4)11-7(13)8(14)15;1-2/h3*4,6-10,12,18H,3,5,11H2,1-2H3,(H2,23,28)(H,26,29);4,6-7,9,12,15H,3,5,8H2,1-2H3;1-3H,(H2,9,12)(H,11,13)(H,14,15);1H3/t2*12-,18+;;;;/m10..../s1/i;;;;;1D. The molecule has 16 rings (SSSR count). The predicted octanol–water partition coefficient (Wildman–Crippen LogP) is 12.6. The van der Waals surface area contributed by atoms with E-state index in [4.69, 9.17) is 29.4 Å². The average molecular weight is 1800 g/mol. The number of nitrogens with zero attached hydrogens (tertiary/aromatic N) is 11. The molecular formula is C89H97FN20O13S4. The molecule has 662 valence electrons. The number of aryl methyl sites for hydroxylation is 4. The Balaban J connectivity index is 0.000000158. The number of thiazole rings is 4. The topological polar surface area (TPSA) is 502 Å². The minimum atomic E-state index is -1.63. The van der Waals surface area contributed by atoms with Gasteiger partial charge in [0.25, 0.3) is 0 Å². The van der Waals surface area contributed by atoms with E-state index < -0.39 is 78.1 Å². The monoisotopic (exact) mass is 1800 g/mol. The summed E-state index contributed by atoms with van der Waals surface area (Å²) in [6.07, 6.45) is 18.2. The maximum absolute atomic E-state index is 13.1. The Morgan fingerprint density at radius 2 is 0.646 bits per heavy atom. The van der Waals surface area contributed by atoms with Crippen molar-refractivity contribution in [1.82, 2.24) is 59.9 Å². The first kappa shape index (κ1) is 92.7. The molecule has 0 radical (unpaired) electrons. The number of halogens is 1.